The molecule has 0 fully saturated rings. The van der Waals surface area contributed by atoms with E-state index >= 15 is 0 Å². The Balaban J connectivity index is 1.43. The first-order chi connectivity index (χ1) is 11.3. The van der Waals surface area contributed by atoms with E-state index < -0.39 is 0 Å². The van der Waals surface area contributed by atoms with Gasteiger partial charge in [0.15, 0.2) is 0 Å². The second-order valence-electron chi connectivity index (χ2n) is 5.54. The number of anilines is 1. The van der Waals surface area contributed by atoms with E-state index in [0.29, 0.717) is 12.8 Å². The number of rotatable bonds is 4. The first kappa shape index (κ1) is 13.6. The van der Waals surface area contributed by atoms with Gasteiger partial charge in [-0.15, -0.1) is 0 Å². The van der Waals surface area contributed by atoms with Gasteiger partial charge in [0.1, 0.15) is 0 Å². The van der Waals surface area contributed by atoms with E-state index in [4.69, 9.17) is 0 Å². The number of hydrogen-bond donors (Lipinski definition) is 3. The molecule has 0 atom stereocenters. The third-order valence-corrected chi connectivity index (χ3v) is 4.00. The lowest BCUT2D eigenvalue weighted by Crippen LogP contribution is -2.12. The molecule has 0 bridgehead atoms. The van der Waals surface area contributed by atoms with Gasteiger partial charge < -0.3 is 15.3 Å². The van der Waals surface area contributed by atoms with Crippen LogP contribution in [0.2, 0.25) is 0 Å². The standard InChI is InChI=1S/C18H16N4O/c23-18(22-13-6-7-16-17(9-13)21-11-20-16)8-5-12-10-19-15-4-2-1-3-14(12)15/h1-4,6-7,9-11,19H,5,8H2,(H,20,21)(H,22,23). The lowest BCUT2D eigenvalue weighted by atomic mass is 10.1. The number of imidazole rings is 1. The van der Waals surface area contributed by atoms with Crippen molar-refractivity contribution in [2.75, 3.05) is 5.32 Å². The lowest BCUT2D eigenvalue weighted by Gasteiger charge is -2.05. The van der Waals surface area contributed by atoms with Crippen LogP contribution in [0.25, 0.3) is 21.9 Å². The Hall–Kier alpha value is -3.08. The summed E-state index contributed by atoms with van der Waals surface area (Å²) in [6.07, 6.45) is 4.78. The van der Waals surface area contributed by atoms with E-state index in [-0.39, 0.29) is 5.91 Å². The Bertz CT molecular complexity index is 983. The number of nitrogens with zero attached hydrogens (tertiary/aromatic N) is 1. The largest absolute Gasteiger partial charge is 0.361 e. The number of hydrogen-bond acceptors (Lipinski definition) is 2. The number of aromatic amines is 2. The SMILES string of the molecule is O=C(CCc1c[nH]c2ccccc12)Nc1ccc2nc[nH]c2c1. The average Bonchev–Trinajstić information content (AvgIpc) is 3.19. The minimum atomic E-state index is 0.00847. The maximum atomic E-state index is 12.2. The minimum Gasteiger partial charge on any atom is -0.361 e. The highest BCUT2D eigenvalue weighted by Gasteiger charge is 2.07. The molecule has 5 nitrogen and oxygen atoms in total. The quantitative estimate of drug-likeness (QED) is 0.539. The van der Waals surface area contributed by atoms with Crippen LogP contribution in [0.3, 0.4) is 0 Å². The van der Waals surface area contributed by atoms with Crippen LogP contribution in [-0.4, -0.2) is 20.9 Å². The number of carbonyl (C=O) groups excluding carboxylic acids is 1. The molecular formula is C18H16N4O. The van der Waals surface area contributed by atoms with Gasteiger partial charge in [0.25, 0.3) is 0 Å². The second-order valence-corrected chi connectivity index (χ2v) is 5.54. The molecule has 5 heteroatoms. The Kier molecular flexibility index (Phi) is 3.31. The third-order valence-electron chi connectivity index (χ3n) is 4.00. The zero-order chi connectivity index (χ0) is 15.6. The fourth-order valence-corrected chi connectivity index (χ4v) is 2.82. The van der Waals surface area contributed by atoms with Crippen molar-refractivity contribution in [2.45, 2.75) is 12.8 Å². The van der Waals surface area contributed by atoms with Crippen molar-refractivity contribution in [1.82, 2.24) is 15.0 Å². The maximum Gasteiger partial charge on any atom is 0.224 e. The summed E-state index contributed by atoms with van der Waals surface area (Å²) in [6.45, 7) is 0. The molecule has 0 aliphatic carbocycles. The van der Waals surface area contributed by atoms with E-state index in [1.165, 1.54) is 10.9 Å². The van der Waals surface area contributed by atoms with Gasteiger partial charge >= 0.3 is 0 Å². The molecule has 2 aromatic carbocycles. The summed E-state index contributed by atoms with van der Waals surface area (Å²) >= 11 is 0. The molecule has 0 radical (unpaired) electrons. The monoisotopic (exact) mass is 304 g/mol. The molecule has 3 N–H and O–H groups in total. The molecular weight excluding hydrogens is 288 g/mol. The Morgan fingerprint density at radius 2 is 2.00 bits per heavy atom. The van der Waals surface area contributed by atoms with Gasteiger partial charge in [0, 0.05) is 29.2 Å². The maximum absolute atomic E-state index is 12.2. The van der Waals surface area contributed by atoms with Crippen molar-refractivity contribution >= 4 is 33.5 Å². The van der Waals surface area contributed by atoms with Gasteiger partial charge in [-0.3, -0.25) is 4.79 Å². The fraction of sp³-hybridized carbons (Fsp3) is 0.111. The molecule has 0 saturated carbocycles. The fourth-order valence-electron chi connectivity index (χ4n) is 2.82. The molecule has 114 valence electrons. The van der Waals surface area contributed by atoms with E-state index in [1.807, 2.05) is 42.6 Å². The highest BCUT2D eigenvalue weighted by Crippen LogP contribution is 2.20. The summed E-state index contributed by atoms with van der Waals surface area (Å²) in [7, 11) is 0. The van der Waals surface area contributed by atoms with Crippen LogP contribution in [0.15, 0.2) is 55.0 Å². The summed E-state index contributed by atoms with van der Waals surface area (Å²) in [4.78, 5) is 22.6. The summed E-state index contributed by atoms with van der Waals surface area (Å²) in [6, 6.07) is 13.8. The van der Waals surface area contributed by atoms with Crippen LogP contribution in [-0.2, 0) is 11.2 Å². The Labute approximate surface area is 132 Å². The number of H-pyrrole nitrogens is 2. The molecule has 23 heavy (non-hydrogen) atoms. The molecule has 0 spiro atoms. The van der Waals surface area contributed by atoms with Crippen molar-refractivity contribution in [3.8, 4) is 0 Å². The van der Waals surface area contributed by atoms with E-state index in [1.54, 1.807) is 6.33 Å². The predicted molar refractivity (Wildman–Crippen MR) is 91.3 cm³/mol. The van der Waals surface area contributed by atoms with Gasteiger partial charge in [-0.1, -0.05) is 18.2 Å². The highest BCUT2D eigenvalue weighted by molar-refractivity contribution is 5.93. The molecule has 0 aliphatic heterocycles. The molecule has 4 aromatic rings. The molecule has 2 heterocycles. The smallest absolute Gasteiger partial charge is 0.224 e. The number of nitrogens with one attached hydrogen (secondary N) is 3. The number of carbonyl (C=O) groups is 1. The van der Waals surface area contributed by atoms with Crippen LogP contribution in [0.5, 0.6) is 0 Å². The van der Waals surface area contributed by atoms with Gasteiger partial charge in [0.2, 0.25) is 5.91 Å². The lowest BCUT2D eigenvalue weighted by molar-refractivity contribution is -0.116. The molecule has 2 aromatic heterocycles. The first-order valence-corrected chi connectivity index (χ1v) is 7.57. The molecule has 0 unspecified atom stereocenters. The summed E-state index contributed by atoms with van der Waals surface area (Å²) in [5.41, 5.74) is 4.86. The number of para-hydroxylation sites is 1. The van der Waals surface area contributed by atoms with Crippen LogP contribution in [0.4, 0.5) is 5.69 Å². The van der Waals surface area contributed by atoms with Gasteiger partial charge in [-0.05, 0) is 36.2 Å². The van der Waals surface area contributed by atoms with Crippen LogP contribution in [0, 0.1) is 0 Å². The number of benzene rings is 2. The van der Waals surface area contributed by atoms with Gasteiger partial charge in [-0.2, -0.15) is 0 Å². The van der Waals surface area contributed by atoms with E-state index in [0.717, 1.165) is 22.2 Å². The van der Waals surface area contributed by atoms with Gasteiger partial charge in [0.05, 0.1) is 17.4 Å². The Morgan fingerprint density at radius 1 is 1.09 bits per heavy atom. The first-order valence-electron chi connectivity index (χ1n) is 7.57. The summed E-state index contributed by atoms with van der Waals surface area (Å²) < 4.78 is 0. The molecule has 1 amide bonds. The number of fused-ring (bicyclic) bond motifs is 2. The molecule has 0 saturated heterocycles. The Morgan fingerprint density at radius 3 is 2.96 bits per heavy atom. The summed E-state index contributed by atoms with van der Waals surface area (Å²) in [5.74, 6) is 0.00847. The van der Waals surface area contributed by atoms with E-state index in [2.05, 4.69) is 26.3 Å². The number of amides is 1. The van der Waals surface area contributed by atoms with Crippen molar-refractivity contribution < 1.29 is 4.79 Å². The van der Waals surface area contributed by atoms with Crippen LogP contribution in [0.1, 0.15) is 12.0 Å². The molecule has 4 rings (SSSR count). The number of aryl methyl sites for hydroxylation is 1. The van der Waals surface area contributed by atoms with Crippen molar-refractivity contribution in [3.63, 3.8) is 0 Å². The van der Waals surface area contributed by atoms with Crippen molar-refractivity contribution in [2.24, 2.45) is 0 Å². The third kappa shape index (κ3) is 2.68. The van der Waals surface area contributed by atoms with Crippen LogP contribution >= 0.6 is 0 Å². The summed E-state index contributed by atoms with van der Waals surface area (Å²) in [5, 5.41) is 4.12. The average molecular weight is 304 g/mol. The van der Waals surface area contributed by atoms with Crippen molar-refractivity contribution in [1.29, 1.82) is 0 Å². The normalized spacial score (nSPS) is 11.1. The number of aromatic nitrogens is 3. The second kappa shape index (κ2) is 5.61. The van der Waals surface area contributed by atoms with Crippen molar-refractivity contribution in [3.05, 3.63) is 60.6 Å². The zero-order valence-electron chi connectivity index (χ0n) is 12.5. The highest BCUT2D eigenvalue weighted by atomic mass is 16.1. The zero-order valence-corrected chi connectivity index (χ0v) is 12.5. The van der Waals surface area contributed by atoms with E-state index in [9.17, 15) is 4.79 Å². The minimum absolute atomic E-state index is 0.00847. The van der Waals surface area contributed by atoms with Crippen LogP contribution < -0.4 is 5.32 Å². The molecule has 0 aliphatic rings. The topological polar surface area (TPSA) is 73.6 Å². The predicted octanol–water partition coefficient (Wildman–Crippen LogP) is 3.62. The van der Waals surface area contributed by atoms with Gasteiger partial charge in [-0.25, -0.2) is 4.98 Å².